The van der Waals surface area contributed by atoms with E-state index in [1.807, 2.05) is 49.4 Å². The summed E-state index contributed by atoms with van der Waals surface area (Å²) in [4.78, 5) is 21.8. The van der Waals surface area contributed by atoms with Crippen LogP contribution in [0.1, 0.15) is 5.82 Å². The maximum absolute atomic E-state index is 13.0. The standard InChI is InChI=1S/C21H17N3O/c1-14-23-20(16-9-11-22-12-10-16)19(21(25)24(14)2)18-8-7-15-5-3-4-6-17(15)13-18/h3-13H,1-2H3. The molecule has 0 aliphatic carbocycles. The Morgan fingerprint density at radius 2 is 1.60 bits per heavy atom. The molecule has 4 nitrogen and oxygen atoms in total. The maximum Gasteiger partial charge on any atom is 0.261 e. The van der Waals surface area contributed by atoms with Gasteiger partial charge in [-0.3, -0.25) is 14.3 Å². The first kappa shape index (κ1) is 15.3. The number of fused-ring (bicyclic) bond motifs is 1. The molecule has 0 atom stereocenters. The van der Waals surface area contributed by atoms with Crippen molar-refractivity contribution in [2.45, 2.75) is 6.92 Å². The van der Waals surface area contributed by atoms with Crippen LogP contribution in [0.25, 0.3) is 33.2 Å². The van der Waals surface area contributed by atoms with Gasteiger partial charge in [-0.25, -0.2) is 4.98 Å². The minimum atomic E-state index is -0.0467. The van der Waals surface area contributed by atoms with Gasteiger partial charge in [0.15, 0.2) is 0 Å². The number of nitrogens with zero attached hydrogens (tertiary/aromatic N) is 3. The first-order valence-corrected chi connectivity index (χ1v) is 8.12. The van der Waals surface area contributed by atoms with Crippen molar-refractivity contribution >= 4 is 10.8 Å². The number of hydrogen-bond donors (Lipinski definition) is 0. The highest BCUT2D eigenvalue weighted by molar-refractivity contribution is 5.90. The Hall–Kier alpha value is -3.27. The SMILES string of the molecule is Cc1nc(-c2ccncc2)c(-c2ccc3ccccc3c2)c(=O)n1C. The molecule has 0 bridgehead atoms. The van der Waals surface area contributed by atoms with Crippen molar-refractivity contribution in [3.05, 3.63) is 83.2 Å². The minimum Gasteiger partial charge on any atom is -0.299 e. The highest BCUT2D eigenvalue weighted by Gasteiger charge is 2.16. The van der Waals surface area contributed by atoms with Gasteiger partial charge in [0, 0.05) is 25.0 Å². The molecular weight excluding hydrogens is 310 g/mol. The first-order chi connectivity index (χ1) is 12.1. The molecule has 0 fully saturated rings. The molecule has 0 unspecified atom stereocenters. The predicted octanol–water partition coefficient (Wildman–Crippen LogP) is 3.97. The lowest BCUT2D eigenvalue weighted by Gasteiger charge is -2.13. The molecule has 2 aromatic heterocycles. The Labute approximate surface area is 145 Å². The molecule has 0 saturated heterocycles. The molecule has 122 valence electrons. The highest BCUT2D eigenvalue weighted by atomic mass is 16.1. The summed E-state index contributed by atoms with van der Waals surface area (Å²) < 4.78 is 1.59. The summed E-state index contributed by atoms with van der Waals surface area (Å²) in [6.07, 6.45) is 3.43. The zero-order chi connectivity index (χ0) is 17.4. The van der Waals surface area contributed by atoms with Crippen LogP contribution >= 0.6 is 0 Å². The van der Waals surface area contributed by atoms with Crippen LogP contribution in [0.5, 0.6) is 0 Å². The van der Waals surface area contributed by atoms with Gasteiger partial charge in [-0.2, -0.15) is 0 Å². The van der Waals surface area contributed by atoms with E-state index in [0.717, 1.165) is 21.9 Å². The zero-order valence-corrected chi connectivity index (χ0v) is 14.1. The first-order valence-electron chi connectivity index (χ1n) is 8.12. The average Bonchev–Trinajstić information content (AvgIpc) is 2.66. The van der Waals surface area contributed by atoms with E-state index in [9.17, 15) is 4.79 Å². The summed E-state index contributed by atoms with van der Waals surface area (Å²) in [7, 11) is 1.76. The lowest BCUT2D eigenvalue weighted by Crippen LogP contribution is -2.23. The van der Waals surface area contributed by atoms with E-state index in [2.05, 4.69) is 17.1 Å². The molecule has 0 amide bonds. The molecular formula is C21H17N3O. The van der Waals surface area contributed by atoms with E-state index in [1.54, 1.807) is 24.0 Å². The monoisotopic (exact) mass is 327 g/mol. The Kier molecular flexibility index (Phi) is 3.65. The Bertz CT molecular complexity index is 1130. The van der Waals surface area contributed by atoms with E-state index in [-0.39, 0.29) is 5.56 Å². The van der Waals surface area contributed by atoms with Crippen molar-refractivity contribution in [3.63, 3.8) is 0 Å². The van der Waals surface area contributed by atoms with Crippen LogP contribution in [0, 0.1) is 6.92 Å². The molecule has 0 aliphatic heterocycles. The molecule has 25 heavy (non-hydrogen) atoms. The number of aromatic nitrogens is 3. The van der Waals surface area contributed by atoms with Crippen molar-refractivity contribution in [3.8, 4) is 22.4 Å². The van der Waals surface area contributed by atoms with Crippen molar-refractivity contribution in [2.75, 3.05) is 0 Å². The van der Waals surface area contributed by atoms with Gasteiger partial charge in [-0.05, 0) is 41.5 Å². The second-order valence-electron chi connectivity index (χ2n) is 6.04. The van der Waals surface area contributed by atoms with E-state index < -0.39 is 0 Å². The topological polar surface area (TPSA) is 47.8 Å². The minimum absolute atomic E-state index is 0.0467. The van der Waals surface area contributed by atoms with Gasteiger partial charge in [0.25, 0.3) is 5.56 Å². The lowest BCUT2D eigenvalue weighted by molar-refractivity contribution is 0.780. The second kappa shape index (κ2) is 5.98. The van der Waals surface area contributed by atoms with Crippen LogP contribution in [-0.4, -0.2) is 14.5 Å². The van der Waals surface area contributed by atoms with Crippen molar-refractivity contribution in [2.24, 2.45) is 7.05 Å². The molecule has 4 aromatic rings. The van der Waals surface area contributed by atoms with Gasteiger partial charge >= 0.3 is 0 Å². The Balaban J connectivity index is 2.05. The quantitative estimate of drug-likeness (QED) is 0.560. The molecule has 0 saturated carbocycles. The molecule has 0 radical (unpaired) electrons. The number of pyridine rings is 1. The third kappa shape index (κ3) is 2.62. The van der Waals surface area contributed by atoms with Crippen LogP contribution < -0.4 is 5.56 Å². The average molecular weight is 327 g/mol. The fourth-order valence-electron chi connectivity index (χ4n) is 3.03. The van der Waals surface area contributed by atoms with Gasteiger partial charge in [0.1, 0.15) is 5.82 Å². The van der Waals surface area contributed by atoms with E-state index >= 15 is 0 Å². The van der Waals surface area contributed by atoms with Crippen molar-refractivity contribution in [1.29, 1.82) is 0 Å². The lowest BCUT2D eigenvalue weighted by atomic mass is 9.98. The molecule has 0 spiro atoms. The molecule has 0 aliphatic rings. The number of benzene rings is 2. The summed E-state index contributed by atoms with van der Waals surface area (Å²) in [5.41, 5.74) is 3.02. The van der Waals surface area contributed by atoms with Gasteiger partial charge in [0.05, 0.1) is 11.3 Å². The fourth-order valence-corrected chi connectivity index (χ4v) is 3.03. The van der Waals surface area contributed by atoms with E-state index in [0.29, 0.717) is 17.1 Å². The molecule has 0 N–H and O–H groups in total. The molecule has 4 heteroatoms. The number of aryl methyl sites for hydroxylation is 1. The second-order valence-corrected chi connectivity index (χ2v) is 6.04. The summed E-state index contributed by atoms with van der Waals surface area (Å²) in [5, 5.41) is 2.25. The smallest absolute Gasteiger partial charge is 0.261 e. The van der Waals surface area contributed by atoms with Crippen LogP contribution in [-0.2, 0) is 7.05 Å². The van der Waals surface area contributed by atoms with Crippen LogP contribution in [0.2, 0.25) is 0 Å². The van der Waals surface area contributed by atoms with Crippen LogP contribution in [0.15, 0.2) is 71.8 Å². The maximum atomic E-state index is 13.0. The Morgan fingerprint density at radius 3 is 2.36 bits per heavy atom. The molecule has 2 heterocycles. The van der Waals surface area contributed by atoms with Gasteiger partial charge in [0.2, 0.25) is 0 Å². The largest absolute Gasteiger partial charge is 0.299 e. The van der Waals surface area contributed by atoms with Crippen LogP contribution in [0.4, 0.5) is 0 Å². The predicted molar refractivity (Wildman–Crippen MR) is 100 cm³/mol. The fraction of sp³-hybridized carbons (Fsp3) is 0.0952. The normalized spacial score (nSPS) is 11.0. The summed E-state index contributed by atoms with van der Waals surface area (Å²) in [5.74, 6) is 0.682. The summed E-state index contributed by atoms with van der Waals surface area (Å²) in [6, 6.07) is 18.0. The number of hydrogen-bond acceptors (Lipinski definition) is 3. The number of rotatable bonds is 2. The van der Waals surface area contributed by atoms with Gasteiger partial charge in [-0.1, -0.05) is 36.4 Å². The third-order valence-corrected chi connectivity index (χ3v) is 4.51. The van der Waals surface area contributed by atoms with Crippen LogP contribution in [0.3, 0.4) is 0 Å². The van der Waals surface area contributed by atoms with Gasteiger partial charge in [-0.15, -0.1) is 0 Å². The molecule has 4 rings (SSSR count). The third-order valence-electron chi connectivity index (χ3n) is 4.51. The Morgan fingerprint density at radius 1 is 0.880 bits per heavy atom. The van der Waals surface area contributed by atoms with Gasteiger partial charge < -0.3 is 0 Å². The van der Waals surface area contributed by atoms with E-state index in [4.69, 9.17) is 4.98 Å². The molecule has 2 aromatic carbocycles. The van der Waals surface area contributed by atoms with E-state index in [1.165, 1.54) is 0 Å². The zero-order valence-electron chi connectivity index (χ0n) is 14.1. The summed E-state index contributed by atoms with van der Waals surface area (Å²) >= 11 is 0. The van der Waals surface area contributed by atoms with Crippen molar-refractivity contribution < 1.29 is 0 Å². The highest BCUT2D eigenvalue weighted by Crippen LogP contribution is 2.29. The van der Waals surface area contributed by atoms with Crippen molar-refractivity contribution in [1.82, 2.24) is 14.5 Å². The summed E-state index contributed by atoms with van der Waals surface area (Å²) in [6.45, 7) is 1.84.